The third-order valence-corrected chi connectivity index (χ3v) is 6.76. The highest BCUT2D eigenvalue weighted by Crippen LogP contribution is 2.59. The number of benzene rings is 1. The molecule has 0 unspecified atom stereocenters. The molecule has 172 valence electrons. The molecule has 2 atom stereocenters. The van der Waals surface area contributed by atoms with Crippen LogP contribution in [0.5, 0.6) is 0 Å². The monoisotopic (exact) mass is 442 g/mol. The normalized spacial score (nSPS) is 26.0. The van der Waals surface area contributed by atoms with Crippen LogP contribution in [0.4, 0.5) is 22.0 Å². The molecule has 1 aromatic carbocycles. The predicted octanol–water partition coefficient (Wildman–Crippen LogP) is 7.97. The van der Waals surface area contributed by atoms with Crippen molar-refractivity contribution in [3.8, 4) is 0 Å². The molecule has 2 aliphatic carbocycles. The van der Waals surface area contributed by atoms with E-state index in [1.54, 1.807) is 6.07 Å². The van der Waals surface area contributed by atoms with Crippen molar-refractivity contribution in [2.75, 3.05) is 6.61 Å². The molecule has 1 nitrogen and oxygen atoms in total. The molecular weight excluding hydrogens is 411 g/mol. The van der Waals surface area contributed by atoms with E-state index in [0.29, 0.717) is 19.3 Å². The van der Waals surface area contributed by atoms with Gasteiger partial charge in [0.05, 0.1) is 0 Å². The molecule has 0 aliphatic heterocycles. The van der Waals surface area contributed by atoms with Crippen molar-refractivity contribution in [3.05, 3.63) is 53.9 Å². The van der Waals surface area contributed by atoms with Gasteiger partial charge in [0, 0.05) is 16.6 Å². The summed E-state index contributed by atoms with van der Waals surface area (Å²) in [5.41, 5.74) is -2.95. The number of rotatable bonds is 8. The summed E-state index contributed by atoms with van der Waals surface area (Å²) in [6, 6.07) is 5.89. The molecule has 3 rings (SSSR count). The Hall–Kier alpha value is -1.69. The van der Waals surface area contributed by atoms with Gasteiger partial charge >= 0.3 is 6.18 Å². The van der Waals surface area contributed by atoms with Crippen LogP contribution in [-0.2, 0) is 4.74 Å². The number of halogens is 5. The summed E-state index contributed by atoms with van der Waals surface area (Å²) in [5, 5.41) is 0. The van der Waals surface area contributed by atoms with E-state index in [9.17, 15) is 17.6 Å². The van der Waals surface area contributed by atoms with Gasteiger partial charge in [0.1, 0.15) is 18.5 Å². The minimum Gasteiger partial charge on any atom is -0.361 e. The van der Waals surface area contributed by atoms with Crippen molar-refractivity contribution in [1.82, 2.24) is 0 Å². The Morgan fingerprint density at radius 2 is 1.77 bits per heavy atom. The first-order valence-corrected chi connectivity index (χ1v) is 11.2. The van der Waals surface area contributed by atoms with E-state index in [1.807, 2.05) is 0 Å². The van der Waals surface area contributed by atoms with Crippen molar-refractivity contribution < 1.29 is 26.7 Å². The maximum Gasteiger partial charge on any atom is 0.411 e. The van der Waals surface area contributed by atoms with Crippen LogP contribution in [0.2, 0.25) is 0 Å². The molecule has 1 fully saturated rings. The lowest BCUT2D eigenvalue weighted by atomic mass is 9.56. The molecule has 1 aromatic rings. The maximum absolute atomic E-state index is 17.5. The number of alkyl halides is 4. The van der Waals surface area contributed by atoms with Crippen LogP contribution in [0.1, 0.15) is 70.3 Å². The van der Waals surface area contributed by atoms with Gasteiger partial charge in [-0.3, -0.25) is 0 Å². The summed E-state index contributed by atoms with van der Waals surface area (Å²) in [4.78, 5) is 0. The summed E-state index contributed by atoms with van der Waals surface area (Å²) < 4.78 is 76.4. The summed E-state index contributed by atoms with van der Waals surface area (Å²) in [6.45, 7) is 0.519. The number of ether oxygens (including phenoxy) is 1. The predicted molar refractivity (Wildman–Crippen MR) is 113 cm³/mol. The second-order valence-electron chi connectivity index (χ2n) is 8.80. The summed E-state index contributed by atoms with van der Waals surface area (Å²) in [7, 11) is 0. The minimum atomic E-state index is -4.57. The number of allylic oxidation sites excluding steroid dienone is 2. The lowest BCUT2D eigenvalue weighted by Crippen LogP contribution is -2.56. The van der Waals surface area contributed by atoms with Crippen molar-refractivity contribution in [2.45, 2.75) is 82.7 Å². The highest BCUT2D eigenvalue weighted by atomic mass is 19.4. The van der Waals surface area contributed by atoms with E-state index in [0.717, 1.165) is 38.5 Å². The second kappa shape index (κ2) is 9.85. The molecule has 1 saturated carbocycles. The zero-order chi connectivity index (χ0) is 22.5. The fraction of sp³-hybridized carbons (Fsp3) is 0.600. The SMILES string of the molecule is CCCCCC1([C@@]2(F)C(c3ccccc3F)=CC=C[C@H]2OCC(F)(F)F)CCCCC1. The molecule has 0 aromatic heterocycles. The van der Waals surface area contributed by atoms with E-state index in [4.69, 9.17) is 4.74 Å². The van der Waals surface area contributed by atoms with Gasteiger partial charge in [0.15, 0.2) is 5.67 Å². The van der Waals surface area contributed by atoms with Gasteiger partial charge in [-0.25, -0.2) is 8.78 Å². The van der Waals surface area contributed by atoms with E-state index in [2.05, 4.69) is 6.92 Å². The first kappa shape index (κ1) is 24.0. The van der Waals surface area contributed by atoms with Crippen LogP contribution in [0, 0.1) is 11.2 Å². The molecule has 0 saturated heterocycles. The topological polar surface area (TPSA) is 9.23 Å². The maximum atomic E-state index is 17.5. The molecule has 0 amide bonds. The van der Waals surface area contributed by atoms with Crippen LogP contribution in [0.25, 0.3) is 5.57 Å². The van der Waals surface area contributed by atoms with E-state index in [1.165, 1.54) is 36.4 Å². The van der Waals surface area contributed by atoms with E-state index >= 15 is 4.39 Å². The average molecular weight is 443 g/mol. The van der Waals surface area contributed by atoms with Crippen LogP contribution in [0.3, 0.4) is 0 Å². The molecule has 2 aliphatic rings. The second-order valence-corrected chi connectivity index (χ2v) is 8.80. The van der Waals surface area contributed by atoms with Crippen LogP contribution >= 0.6 is 0 Å². The quantitative estimate of drug-likeness (QED) is 0.293. The van der Waals surface area contributed by atoms with Crippen LogP contribution < -0.4 is 0 Å². The molecule has 0 heterocycles. The number of unbranched alkanes of at least 4 members (excludes halogenated alkanes) is 2. The highest BCUT2D eigenvalue weighted by molar-refractivity contribution is 5.77. The molecule has 0 bridgehead atoms. The van der Waals surface area contributed by atoms with Gasteiger partial charge in [-0.15, -0.1) is 0 Å². The summed E-state index contributed by atoms with van der Waals surface area (Å²) in [5.74, 6) is -0.583. The molecular formula is C25H31F5O. The van der Waals surface area contributed by atoms with Gasteiger partial charge in [0.2, 0.25) is 0 Å². The van der Waals surface area contributed by atoms with Gasteiger partial charge in [0.25, 0.3) is 0 Å². The third-order valence-electron chi connectivity index (χ3n) is 6.76. The van der Waals surface area contributed by atoms with Crippen molar-refractivity contribution in [3.63, 3.8) is 0 Å². The zero-order valence-corrected chi connectivity index (χ0v) is 18.0. The molecule has 0 N–H and O–H groups in total. The Bertz CT molecular complexity index is 791. The molecule has 0 radical (unpaired) electrons. The minimum absolute atomic E-state index is 0.0930. The Morgan fingerprint density at radius 1 is 1.06 bits per heavy atom. The largest absolute Gasteiger partial charge is 0.411 e. The van der Waals surface area contributed by atoms with Crippen LogP contribution in [-0.4, -0.2) is 24.6 Å². The zero-order valence-electron chi connectivity index (χ0n) is 18.0. The summed E-state index contributed by atoms with van der Waals surface area (Å²) >= 11 is 0. The van der Waals surface area contributed by atoms with E-state index < -0.39 is 35.8 Å². The van der Waals surface area contributed by atoms with Crippen molar-refractivity contribution >= 4 is 5.57 Å². The van der Waals surface area contributed by atoms with E-state index in [-0.39, 0.29) is 11.1 Å². The standard InChI is InChI=1S/C25H31F5O/c1-2-3-7-15-23(16-8-4-9-17-23)25(30)20(19-11-5-6-13-21(19)26)12-10-14-22(25)31-18-24(27,28)29/h5-6,10-14,22H,2-4,7-9,15-18H2,1H3/t22-,25-/m1/s1. The first-order chi connectivity index (χ1) is 14.7. The Kier molecular flexibility index (Phi) is 7.61. The summed E-state index contributed by atoms with van der Waals surface area (Å²) in [6.07, 6.45) is 5.26. The Morgan fingerprint density at radius 3 is 2.42 bits per heavy atom. The first-order valence-electron chi connectivity index (χ1n) is 11.2. The fourth-order valence-corrected chi connectivity index (χ4v) is 5.31. The van der Waals surface area contributed by atoms with Crippen molar-refractivity contribution in [2.24, 2.45) is 5.41 Å². The Balaban J connectivity index is 2.10. The number of hydrogen-bond acceptors (Lipinski definition) is 1. The van der Waals surface area contributed by atoms with Gasteiger partial charge in [-0.1, -0.05) is 81.9 Å². The van der Waals surface area contributed by atoms with Crippen LogP contribution in [0.15, 0.2) is 42.5 Å². The molecule has 6 heteroatoms. The molecule has 0 spiro atoms. The Labute approximate surface area is 181 Å². The average Bonchev–Trinajstić information content (AvgIpc) is 2.74. The lowest BCUT2D eigenvalue weighted by Gasteiger charge is -2.52. The number of hydrogen-bond donors (Lipinski definition) is 0. The van der Waals surface area contributed by atoms with Gasteiger partial charge in [-0.2, -0.15) is 13.2 Å². The highest BCUT2D eigenvalue weighted by Gasteiger charge is 2.60. The third kappa shape index (κ3) is 5.05. The van der Waals surface area contributed by atoms with Gasteiger partial charge in [-0.05, 0) is 25.3 Å². The van der Waals surface area contributed by atoms with Crippen molar-refractivity contribution in [1.29, 1.82) is 0 Å². The van der Waals surface area contributed by atoms with Gasteiger partial charge < -0.3 is 4.74 Å². The smallest absolute Gasteiger partial charge is 0.361 e. The fourth-order valence-electron chi connectivity index (χ4n) is 5.31. The lowest BCUT2D eigenvalue weighted by molar-refractivity contribution is -0.199. The molecule has 31 heavy (non-hydrogen) atoms.